The second-order valence-corrected chi connectivity index (χ2v) is 7.68. The molecule has 0 spiro atoms. The number of rotatable bonds is 7. The molecule has 10 heteroatoms. The number of hydrogen-bond acceptors (Lipinski definition) is 5. The van der Waals surface area contributed by atoms with Gasteiger partial charge in [-0.3, -0.25) is 10.1 Å². The fourth-order valence-corrected chi connectivity index (χ4v) is 3.42. The molecule has 2 aromatic heterocycles. The molecule has 7 nitrogen and oxygen atoms in total. The van der Waals surface area contributed by atoms with Gasteiger partial charge in [0.15, 0.2) is 5.76 Å². The van der Waals surface area contributed by atoms with Gasteiger partial charge in [0.25, 0.3) is 5.91 Å². The normalized spacial score (nSPS) is 10.8. The Morgan fingerprint density at radius 1 is 1.06 bits per heavy atom. The Morgan fingerprint density at radius 2 is 1.84 bits per heavy atom. The monoisotopic (exact) mass is 476 g/mol. The van der Waals surface area contributed by atoms with E-state index < -0.39 is 5.91 Å². The summed E-state index contributed by atoms with van der Waals surface area (Å²) in [5.41, 5.74) is 0.712. The van der Waals surface area contributed by atoms with Crippen LogP contribution in [0.4, 0.5) is 5.95 Å². The summed E-state index contributed by atoms with van der Waals surface area (Å²) in [5.74, 6) is 0.833. The molecular weight excluding hydrogens is 463 g/mol. The van der Waals surface area contributed by atoms with Gasteiger partial charge in [-0.1, -0.05) is 46.9 Å². The number of hydrogen-bond donors (Lipinski definition) is 1. The molecule has 2 heterocycles. The Bertz CT molecular complexity index is 1200. The van der Waals surface area contributed by atoms with Crippen LogP contribution in [0, 0.1) is 0 Å². The molecule has 0 saturated heterocycles. The highest BCUT2D eigenvalue weighted by Gasteiger charge is 2.15. The van der Waals surface area contributed by atoms with E-state index >= 15 is 0 Å². The third-order valence-electron chi connectivity index (χ3n) is 4.21. The molecule has 1 N–H and O–H groups in total. The first-order valence-electron chi connectivity index (χ1n) is 9.09. The second kappa shape index (κ2) is 9.43. The number of aromatic nitrogens is 3. The molecule has 0 radical (unpaired) electrons. The highest BCUT2D eigenvalue weighted by atomic mass is 35.5. The molecule has 0 aliphatic carbocycles. The van der Waals surface area contributed by atoms with Crippen molar-refractivity contribution in [3.63, 3.8) is 0 Å². The van der Waals surface area contributed by atoms with Gasteiger partial charge in [-0.25, -0.2) is 9.67 Å². The van der Waals surface area contributed by atoms with Crippen LogP contribution in [0.15, 0.2) is 65.3 Å². The third-order valence-corrected chi connectivity index (χ3v) is 5.15. The van der Waals surface area contributed by atoms with Crippen molar-refractivity contribution < 1.29 is 13.9 Å². The molecular formula is C21H15Cl3N4O3. The molecule has 0 fully saturated rings. The first-order valence-corrected chi connectivity index (χ1v) is 10.2. The number of benzene rings is 2. The average molecular weight is 478 g/mol. The number of nitrogens with zero attached hydrogens (tertiary/aromatic N) is 3. The highest BCUT2D eigenvalue weighted by molar-refractivity contribution is 6.36. The SMILES string of the molecule is O=C(Nc1ncn(Cc2c(Cl)cccc2Cl)n1)c1ccc(COc2cccc(Cl)c2)o1. The zero-order valence-corrected chi connectivity index (χ0v) is 18.2. The maximum Gasteiger partial charge on any atom is 0.293 e. The van der Waals surface area contributed by atoms with Crippen LogP contribution in [0.3, 0.4) is 0 Å². The minimum Gasteiger partial charge on any atom is -0.486 e. The zero-order chi connectivity index (χ0) is 21.8. The van der Waals surface area contributed by atoms with Crippen molar-refractivity contribution in [2.45, 2.75) is 13.2 Å². The Kier molecular flexibility index (Phi) is 6.46. The Labute approximate surface area is 192 Å². The van der Waals surface area contributed by atoms with Crippen LogP contribution >= 0.6 is 34.8 Å². The van der Waals surface area contributed by atoms with Crippen LogP contribution in [0.1, 0.15) is 21.9 Å². The predicted octanol–water partition coefficient (Wildman–Crippen LogP) is 5.71. The molecule has 0 bridgehead atoms. The summed E-state index contributed by atoms with van der Waals surface area (Å²) in [6.07, 6.45) is 1.47. The molecule has 31 heavy (non-hydrogen) atoms. The van der Waals surface area contributed by atoms with E-state index in [0.717, 1.165) is 0 Å². The van der Waals surface area contributed by atoms with E-state index in [2.05, 4.69) is 15.4 Å². The van der Waals surface area contributed by atoms with E-state index in [1.54, 1.807) is 54.6 Å². The highest BCUT2D eigenvalue weighted by Crippen LogP contribution is 2.25. The number of carbonyl (C=O) groups is 1. The van der Waals surface area contributed by atoms with Gasteiger partial charge in [0.1, 0.15) is 24.4 Å². The number of halogens is 3. The topological polar surface area (TPSA) is 82.2 Å². The third kappa shape index (κ3) is 5.38. The standard InChI is InChI=1S/C21H15Cl3N4O3/c22-13-3-1-4-14(9-13)30-11-15-7-8-19(31-15)20(29)26-21-25-12-28(27-21)10-16-17(23)5-2-6-18(16)24/h1-9,12H,10-11H2,(H,26,27,29). The van der Waals surface area contributed by atoms with E-state index in [1.165, 1.54) is 11.0 Å². The fourth-order valence-electron chi connectivity index (χ4n) is 2.73. The number of ether oxygens (including phenoxy) is 1. The number of amides is 1. The van der Waals surface area contributed by atoms with Crippen molar-refractivity contribution in [1.82, 2.24) is 14.8 Å². The Morgan fingerprint density at radius 3 is 2.61 bits per heavy atom. The van der Waals surface area contributed by atoms with E-state index in [1.807, 2.05) is 0 Å². The van der Waals surface area contributed by atoms with Crippen LogP contribution in [0.2, 0.25) is 15.1 Å². The lowest BCUT2D eigenvalue weighted by Crippen LogP contribution is -2.12. The first-order chi connectivity index (χ1) is 15.0. The first kappa shape index (κ1) is 21.2. The van der Waals surface area contributed by atoms with E-state index in [-0.39, 0.29) is 18.3 Å². The second-order valence-electron chi connectivity index (χ2n) is 6.43. The number of carbonyl (C=O) groups excluding carboxylic acids is 1. The quantitative estimate of drug-likeness (QED) is 0.368. The number of anilines is 1. The largest absolute Gasteiger partial charge is 0.486 e. The minimum absolute atomic E-state index is 0.107. The summed E-state index contributed by atoms with van der Waals surface area (Å²) in [7, 11) is 0. The van der Waals surface area contributed by atoms with Gasteiger partial charge in [-0.2, -0.15) is 0 Å². The summed E-state index contributed by atoms with van der Waals surface area (Å²) in [6.45, 7) is 0.464. The summed E-state index contributed by atoms with van der Waals surface area (Å²) >= 11 is 18.3. The molecule has 0 atom stereocenters. The Hall–Kier alpha value is -3.00. The number of nitrogens with one attached hydrogen (secondary N) is 1. The summed E-state index contributed by atoms with van der Waals surface area (Å²) in [5, 5.41) is 8.43. The van der Waals surface area contributed by atoms with E-state index in [0.29, 0.717) is 38.7 Å². The minimum atomic E-state index is -0.484. The number of furan rings is 1. The van der Waals surface area contributed by atoms with Crippen molar-refractivity contribution in [2.24, 2.45) is 0 Å². The van der Waals surface area contributed by atoms with Crippen LogP contribution in [-0.2, 0) is 13.2 Å². The molecule has 0 aliphatic rings. The lowest BCUT2D eigenvalue weighted by molar-refractivity contribution is 0.0991. The maximum atomic E-state index is 12.4. The van der Waals surface area contributed by atoms with Gasteiger partial charge >= 0.3 is 0 Å². The summed E-state index contributed by atoms with van der Waals surface area (Å²) in [6, 6.07) is 15.5. The molecule has 0 aliphatic heterocycles. The van der Waals surface area contributed by atoms with Gasteiger partial charge < -0.3 is 9.15 Å². The Balaban J connectivity index is 1.36. The molecule has 0 unspecified atom stereocenters. The summed E-state index contributed by atoms with van der Waals surface area (Å²) < 4.78 is 12.7. The lowest BCUT2D eigenvalue weighted by atomic mass is 10.2. The molecule has 4 rings (SSSR count). The fraction of sp³-hybridized carbons (Fsp3) is 0.0952. The van der Waals surface area contributed by atoms with Crippen molar-refractivity contribution in [3.8, 4) is 5.75 Å². The average Bonchev–Trinajstić information content (AvgIpc) is 3.39. The van der Waals surface area contributed by atoms with Crippen molar-refractivity contribution in [2.75, 3.05) is 5.32 Å². The predicted molar refractivity (Wildman–Crippen MR) is 118 cm³/mol. The van der Waals surface area contributed by atoms with Crippen molar-refractivity contribution >= 4 is 46.7 Å². The smallest absolute Gasteiger partial charge is 0.293 e. The molecule has 1 amide bonds. The maximum absolute atomic E-state index is 12.4. The van der Waals surface area contributed by atoms with Gasteiger partial charge in [0.2, 0.25) is 5.95 Å². The molecule has 2 aromatic carbocycles. The van der Waals surface area contributed by atoms with Gasteiger partial charge in [-0.15, -0.1) is 5.10 Å². The van der Waals surface area contributed by atoms with Crippen LogP contribution in [0.5, 0.6) is 5.75 Å². The van der Waals surface area contributed by atoms with E-state index in [9.17, 15) is 4.79 Å². The van der Waals surface area contributed by atoms with Crippen molar-refractivity contribution in [1.29, 1.82) is 0 Å². The van der Waals surface area contributed by atoms with Crippen LogP contribution in [-0.4, -0.2) is 20.7 Å². The van der Waals surface area contributed by atoms with Gasteiger partial charge in [0.05, 0.1) is 6.54 Å². The van der Waals surface area contributed by atoms with Gasteiger partial charge in [-0.05, 0) is 42.5 Å². The van der Waals surface area contributed by atoms with Crippen molar-refractivity contribution in [3.05, 3.63) is 93.1 Å². The lowest BCUT2D eigenvalue weighted by Gasteiger charge is -2.06. The molecule has 4 aromatic rings. The zero-order valence-electron chi connectivity index (χ0n) is 15.9. The van der Waals surface area contributed by atoms with Crippen LogP contribution < -0.4 is 10.1 Å². The molecule has 158 valence electrons. The van der Waals surface area contributed by atoms with Gasteiger partial charge in [0, 0.05) is 20.6 Å². The van der Waals surface area contributed by atoms with Crippen LogP contribution in [0.25, 0.3) is 0 Å². The van der Waals surface area contributed by atoms with E-state index in [4.69, 9.17) is 44.0 Å². The summed E-state index contributed by atoms with van der Waals surface area (Å²) in [4.78, 5) is 16.5. The molecule has 0 saturated carbocycles.